The van der Waals surface area contributed by atoms with Crippen LogP contribution < -0.4 is 5.73 Å². The van der Waals surface area contributed by atoms with E-state index in [1.165, 1.54) is 12.0 Å². The van der Waals surface area contributed by atoms with E-state index in [4.69, 9.17) is 5.73 Å². The Labute approximate surface area is 80.3 Å². The van der Waals surface area contributed by atoms with E-state index in [0.29, 0.717) is 11.8 Å². The van der Waals surface area contributed by atoms with Gasteiger partial charge in [-0.15, -0.1) is 0 Å². The van der Waals surface area contributed by atoms with Crippen LogP contribution in [0.25, 0.3) is 0 Å². The molecule has 0 aliphatic heterocycles. The summed E-state index contributed by atoms with van der Waals surface area (Å²) < 4.78 is 1.06. The van der Waals surface area contributed by atoms with Crippen LogP contribution in [0, 0.1) is 5.92 Å². The average molecular weight is 227 g/mol. The van der Waals surface area contributed by atoms with Gasteiger partial charge in [0.2, 0.25) is 0 Å². The topological polar surface area (TPSA) is 38.9 Å². The normalized spacial score (nSPS) is 27.2. The zero-order valence-electron chi connectivity index (χ0n) is 6.70. The van der Waals surface area contributed by atoms with Crippen molar-refractivity contribution >= 4 is 15.9 Å². The number of rotatable bonds is 2. The van der Waals surface area contributed by atoms with Crippen molar-refractivity contribution in [2.45, 2.75) is 12.3 Å². The molecule has 64 valence electrons. The number of hydrogen-bond acceptors (Lipinski definition) is 2. The Morgan fingerprint density at radius 3 is 3.00 bits per heavy atom. The van der Waals surface area contributed by atoms with Crippen molar-refractivity contribution in [3.05, 3.63) is 28.5 Å². The van der Waals surface area contributed by atoms with E-state index in [9.17, 15) is 0 Å². The summed E-state index contributed by atoms with van der Waals surface area (Å²) in [6.07, 6.45) is 4.98. The van der Waals surface area contributed by atoms with Crippen LogP contribution in [0.2, 0.25) is 0 Å². The van der Waals surface area contributed by atoms with Gasteiger partial charge in [0, 0.05) is 16.9 Å². The fourth-order valence-corrected chi connectivity index (χ4v) is 1.93. The number of halogens is 1. The average Bonchev–Trinajstić information content (AvgIpc) is 2.83. The van der Waals surface area contributed by atoms with Gasteiger partial charge in [0.25, 0.3) is 0 Å². The van der Waals surface area contributed by atoms with Gasteiger partial charge in [-0.2, -0.15) is 0 Å². The standard InChI is InChI=1S/C9H11BrN2/c10-8-1-7(4-12-5-8)9-2-6(9)3-11/h1,4-6,9H,2-3,11H2/t6-,9+/m0/s1. The molecule has 0 saturated heterocycles. The number of hydrogen-bond donors (Lipinski definition) is 1. The van der Waals surface area contributed by atoms with Gasteiger partial charge in [-0.1, -0.05) is 0 Å². The quantitative estimate of drug-likeness (QED) is 0.838. The predicted octanol–water partition coefficient (Wildman–Crippen LogP) is 1.91. The molecule has 1 heterocycles. The predicted molar refractivity (Wildman–Crippen MR) is 51.8 cm³/mol. The number of nitrogens with zero attached hydrogens (tertiary/aromatic N) is 1. The SMILES string of the molecule is NC[C@@H]1C[C@H]1c1cncc(Br)c1. The summed E-state index contributed by atoms with van der Waals surface area (Å²) in [5.74, 6) is 1.36. The minimum absolute atomic E-state index is 0.667. The Hall–Kier alpha value is -0.410. The molecule has 0 aromatic carbocycles. The van der Waals surface area contributed by atoms with Gasteiger partial charge in [-0.05, 0) is 52.4 Å². The fourth-order valence-electron chi connectivity index (χ4n) is 1.55. The molecule has 1 aromatic rings. The lowest BCUT2D eigenvalue weighted by Crippen LogP contribution is -2.01. The summed E-state index contributed by atoms with van der Waals surface area (Å²) >= 11 is 3.41. The Morgan fingerprint density at radius 1 is 1.58 bits per heavy atom. The third-order valence-corrected chi connectivity index (χ3v) is 2.81. The monoisotopic (exact) mass is 226 g/mol. The van der Waals surface area contributed by atoms with E-state index in [0.717, 1.165) is 11.0 Å². The van der Waals surface area contributed by atoms with Crippen molar-refractivity contribution < 1.29 is 0 Å². The van der Waals surface area contributed by atoms with Gasteiger partial charge in [-0.25, -0.2) is 0 Å². The van der Waals surface area contributed by atoms with Gasteiger partial charge >= 0.3 is 0 Å². The number of pyridine rings is 1. The highest BCUT2D eigenvalue weighted by Gasteiger charge is 2.37. The molecule has 1 aromatic heterocycles. The second-order valence-electron chi connectivity index (χ2n) is 3.27. The molecule has 1 fully saturated rings. The van der Waals surface area contributed by atoms with Crippen LogP contribution in [0.4, 0.5) is 0 Å². The van der Waals surface area contributed by atoms with Crippen LogP contribution in [0.5, 0.6) is 0 Å². The lowest BCUT2D eigenvalue weighted by molar-refractivity contribution is 0.807. The van der Waals surface area contributed by atoms with E-state index in [2.05, 4.69) is 27.0 Å². The first-order chi connectivity index (χ1) is 5.81. The summed E-state index contributed by atoms with van der Waals surface area (Å²) in [5, 5.41) is 0. The Kier molecular flexibility index (Phi) is 2.15. The third kappa shape index (κ3) is 1.52. The third-order valence-electron chi connectivity index (χ3n) is 2.38. The zero-order chi connectivity index (χ0) is 8.55. The fraction of sp³-hybridized carbons (Fsp3) is 0.444. The first-order valence-corrected chi connectivity index (χ1v) is 4.91. The summed E-state index contributed by atoms with van der Waals surface area (Å²) in [7, 11) is 0. The van der Waals surface area contributed by atoms with Gasteiger partial charge in [0.15, 0.2) is 0 Å². The zero-order valence-corrected chi connectivity index (χ0v) is 8.29. The Balaban J connectivity index is 2.14. The smallest absolute Gasteiger partial charge is 0.0410 e. The Bertz CT molecular complexity index is 288. The van der Waals surface area contributed by atoms with Crippen LogP contribution in [0.3, 0.4) is 0 Å². The minimum Gasteiger partial charge on any atom is -0.330 e. The molecule has 0 amide bonds. The van der Waals surface area contributed by atoms with E-state index >= 15 is 0 Å². The molecule has 12 heavy (non-hydrogen) atoms. The molecule has 0 unspecified atom stereocenters. The molecule has 2 rings (SSSR count). The number of nitrogens with two attached hydrogens (primary N) is 1. The molecular formula is C9H11BrN2. The van der Waals surface area contributed by atoms with Crippen molar-refractivity contribution in [1.29, 1.82) is 0 Å². The molecular weight excluding hydrogens is 216 g/mol. The molecule has 2 atom stereocenters. The second kappa shape index (κ2) is 3.15. The maximum atomic E-state index is 5.57. The lowest BCUT2D eigenvalue weighted by Gasteiger charge is -1.98. The molecule has 0 bridgehead atoms. The summed E-state index contributed by atoms with van der Waals surface area (Å²) in [4.78, 5) is 4.13. The maximum Gasteiger partial charge on any atom is 0.0410 e. The van der Waals surface area contributed by atoms with Crippen molar-refractivity contribution in [1.82, 2.24) is 4.98 Å². The lowest BCUT2D eigenvalue weighted by atomic mass is 10.1. The summed E-state index contributed by atoms with van der Waals surface area (Å²) in [6.45, 7) is 0.803. The molecule has 2 nitrogen and oxygen atoms in total. The second-order valence-corrected chi connectivity index (χ2v) is 4.19. The maximum absolute atomic E-state index is 5.57. The summed E-state index contributed by atoms with van der Waals surface area (Å²) in [5.41, 5.74) is 6.89. The molecule has 1 aliphatic carbocycles. The van der Waals surface area contributed by atoms with Crippen LogP contribution in [0.1, 0.15) is 17.9 Å². The van der Waals surface area contributed by atoms with Crippen LogP contribution in [-0.4, -0.2) is 11.5 Å². The minimum atomic E-state index is 0.667. The molecule has 1 aliphatic rings. The first-order valence-electron chi connectivity index (χ1n) is 4.12. The van der Waals surface area contributed by atoms with Crippen molar-refractivity contribution in [3.8, 4) is 0 Å². The van der Waals surface area contributed by atoms with E-state index in [1.54, 1.807) is 0 Å². The van der Waals surface area contributed by atoms with Gasteiger partial charge < -0.3 is 5.73 Å². The van der Waals surface area contributed by atoms with Crippen molar-refractivity contribution in [2.24, 2.45) is 11.7 Å². The van der Waals surface area contributed by atoms with Gasteiger partial charge in [0.05, 0.1) is 0 Å². The molecule has 3 heteroatoms. The van der Waals surface area contributed by atoms with Crippen LogP contribution >= 0.6 is 15.9 Å². The molecule has 2 N–H and O–H groups in total. The molecule has 1 saturated carbocycles. The molecule has 0 radical (unpaired) electrons. The highest BCUT2D eigenvalue weighted by Crippen LogP contribution is 2.46. The van der Waals surface area contributed by atoms with Crippen LogP contribution in [0.15, 0.2) is 22.9 Å². The summed E-state index contributed by atoms with van der Waals surface area (Å²) in [6, 6.07) is 2.13. The van der Waals surface area contributed by atoms with E-state index < -0.39 is 0 Å². The van der Waals surface area contributed by atoms with Crippen molar-refractivity contribution in [2.75, 3.05) is 6.54 Å². The van der Waals surface area contributed by atoms with E-state index in [-0.39, 0.29) is 0 Å². The van der Waals surface area contributed by atoms with Crippen LogP contribution in [-0.2, 0) is 0 Å². The highest BCUT2D eigenvalue weighted by molar-refractivity contribution is 9.10. The molecule has 0 spiro atoms. The van der Waals surface area contributed by atoms with Gasteiger partial charge in [0.1, 0.15) is 0 Å². The van der Waals surface area contributed by atoms with E-state index in [1.807, 2.05) is 12.4 Å². The largest absolute Gasteiger partial charge is 0.330 e. The number of aromatic nitrogens is 1. The highest BCUT2D eigenvalue weighted by atomic mass is 79.9. The Morgan fingerprint density at radius 2 is 2.42 bits per heavy atom. The van der Waals surface area contributed by atoms with Crippen molar-refractivity contribution in [3.63, 3.8) is 0 Å². The van der Waals surface area contributed by atoms with Gasteiger partial charge in [-0.3, -0.25) is 4.98 Å². The first kappa shape index (κ1) is 8.20.